The fourth-order valence-electron chi connectivity index (χ4n) is 3.73. The predicted octanol–water partition coefficient (Wildman–Crippen LogP) is 3.08. The summed E-state index contributed by atoms with van der Waals surface area (Å²) in [4.78, 5) is 31.0. The van der Waals surface area contributed by atoms with Crippen LogP contribution in [0.15, 0.2) is 24.5 Å². The number of nitrogens with one attached hydrogen (secondary N) is 1. The molecule has 1 aliphatic heterocycles. The Morgan fingerprint density at radius 2 is 1.88 bits per heavy atom. The monoisotopic (exact) mass is 331 g/mol. The number of likely N-dealkylation sites (tertiary alicyclic amines) is 1. The van der Waals surface area contributed by atoms with E-state index in [1.54, 1.807) is 17.3 Å². The summed E-state index contributed by atoms with van der Waals surface area (Å²) in [6.45, 7) is 11.2. The van der Waals surface area contributed by atoms with Gasteiger partial charge in [0.25, 0.3) is 0 Å². The Bertz CT molecular complexity index is 590. The molecule has 0 bridgehead atoms. The largest absolute Gasteiger partial charge is 0.349 e. The molecule has 0 radical (unpaired) electrons. The molecule has 1 atom stereocenters. The predicted molar refractivity (Wildman–Crippen MR) is 94.2 cm³/mol. The second kappa shape index (κ2) is 6.91. The molecule has 0 saturated carbocycles. The van der Waals surface area contributed by atoms with Crippen LogP contribution in [0.2, 0.25) is 0 Å². The van der Waals surface area contributed by atoms with Crippen molar-refractivity contribution in [2.45, 2.75) is 65.5 Å². The van der Waals surface area contributed by atoms with E-state index in [1.165, 1.54) is 0 Å². The maximum atomic E-state index is 13.1. The fraction of sp³-hybridized carbons (Fsp3) is 0.632. The van der Waals surface area contributed by atoms with Crippen LogP contribution in [-0.4, -0.2) is 33.8 Å². The summed E-state index contributed by atoms with van der Waals surface area (Å²) in [6, 6.07) is 3.04. The third-order valence-electron chi connectivity index (χ3n) is 4.13. The average Bonchev–Trinajstić information content (AvgIpc) is 2.83. The van der Waals surface area contributed by atoms with Gasteiger partial charge < -0.3 is 10.2 Å². The maximum absolute atomic E-state index is 13.1. The lowest BCUT2D eigenvalue weighted by molar-refractivity contribution is -0.138. The molecule has 0 spiro atoms. The third kappa shape index (κ3) is 4.79. The minimum atomic E-state index is -0.581. The molecule has 2 rings (SSSR count). The molecule has 132 valence electrons. The highest BCUT2D eigenvalue weighted by atomic mass is 16.2. The van der Waals surface area contributed by atoms with Crippen LogP contribution in [0.4, 0.5) is 0 Å². The molecule has 1 aromatic heterocycles. The molecule has 1 unspecified atom stereocenters. The van der Waals surface area contributed by atoms with E-state index >= 15 is 0 Å². The van der Waals surface area contributed by atoms with Crippen LogP contribution >= 0.6 is 0 Å². The van der Waals surface area contributed by atoms with Gasteiger partial charge in [-0.3, -0.25) is 14.6 Å². The van der Waals surface area contributed by atoms with Gasteiger partial charge >= 0.3 is 0 Å². The summed E-state index contributed by atoms with van der Waals surface area (Å²) >= 11 is 0. The molecule has 0 aromatic carbocycles. The fourth-order valence-corrected chi connectivity index (χ4v) is 3.73. The van der Waals surface area contributed by atoms with Gasteiger partial charge in [-0.2, -0.15) is 0 Å². The number of amides is 2. The molecular weight excluding hydrogens is 302 g/mol. The van der Waals surface area contributed by atoms with E-state index in [9.17, 15) is 9.59 Å². The van der Waals surface area contributed by atoms with Crippen molar-refractivity contribution in [2.75, 3.05) is 6.54 Å². The third-order valence-corrected chi connectivity index (χ3v) is 4.13. The molecule has 2 heterocycles. The molecule has 1 aromatic rings. The van der Waals surface area contributed by atoms with Crippen LogP contribution in [0.3, 0.4) is 0 Å². The molecule has 1 aliphatic rings. The Morgan fingerprint density at radius 1 is 1.25 bits per heavy atom. The van der Waals surface area contributed by atoms with Crippen LogP contribution in [0.5, 0.6) is 0 Å². The summed E-state index contributed by atoms with van der Waals surface area (Å²) in [7, 11) is 0. The Kier molecular flexibility index (Phi) is 5.31. The molecular formula is C19H29N3O2. The van der Waals surface area contributed by atoms with Crippen LogP contribution < -0.4 is 5.32 Å². The molecule has 0 aliphatic carbocycles. The van der Waals surface area contributed by atoms with Crippen LogP contribution in [0, 0.1) is 5.41 Å². The van der Waals surface area contributed by atoms with Gasteiger partial charge in [-0.1, -0.05) is 20.8 Å². The zero-order valence-corrected chi connectivity index (χ0v) is 15.4. The molecule has 1 fully saturated rings. The van der Waals surface area contributed by atoms with Gasteiger partial charge in [0.1, 0.15) is 6.04 Å². The van der Waals surface area contributed by atoms with E-state index in [2.05, 4.69) is 31.1 Å². The quantitative estimate of drug-likeness (QED) is 0.902. The van der Waals surface area contributed by atoms with Crippen molar-refractivity contribution in [3.8, 4) is 0 Å². The average molecular weight is 331 g/mol. The molecule has 5 nitrogen and oxygen atoms in total. The van der Waals surface area contributed by atoms with Crippen LogP contribution in [0.25, 0.3) is 0 Å². The van der Waals surface area contributed by atoms with Crippen molar-refractivity contribution in [1.29, 1.82) is 0 Å². The normalized spacial score (nSPS) is 17.0. The van der Waals surface area contributed by atoms with Gasteiger partial charge in [-0.05, 0) is 49.8 Å². The van der Waals surface area contributed by atoms with Gasteiger partial charge in [0.05, 0.1) is 0 Å². The number of hydrogen-bond donors (Lipinski definition) is 1. The van der Waals surface area contributed by atoms with E-state index in [4.69, 9.17) is 0 Å². The molecule has 1 saturated heterocycles. The molecule has 24 heavy (non-hydrogen) atoms. The second-order valence-corrected chi connectivity index (χ2v) is 8.48. The van der Waals surface area contributed by atoms with Crippen molar-refractivity contribution < 1.29 is 9.59 Å². The number of carbonyl (C=O) groups is 2. The lowest BCUT2D eigenvalue weighted by Gasteiger charge is -2.36. The first kappa shape index (κ1) is 18.4. The smallest absolute Gasteiger partial charge is 0.247 e. The highest BCUT2D eigenvalue weighted by Crippen LogP contribution is 2.30. The zero-order chi connectivity index (χ0) is 18.0. The lowest BCUT2D eigenvalue weighted by atomic mass is 9.81. The topological polar surface area (TPSA) is 62.3 Å². The number of nitrogens with zero attached hydrogens (tertiary/aromatic N) is 2. The first-order chi connectivity index (χ1) is 11.1. The van der Waals surface area contributed by atoms with Gasteiger partial charge in [-0.15, -0.1) is 0 Å². The van der Waals surface area contributed by atoms with Crippen LogP contribution in [-0.2, 0) is 9.59 Å². The first-order valence-corrected chi connectivity index (χ1v) is 8.60. The first-order valence-electron chi connectivity index (χ1n) is 8.60. The Morgan fingerprint density at radius 3 is 2.38 bits per heavy atom. The van der Waals surface area contributed by atoms with Crippen molar-refractivity contribution in [1.82, 2.24) is 15.2 Å². The Hall–Kier alpha value is -1.91. The van der Waals surface area contributed by atoms with Crippen molar-refractivity contribution in [3.63, 3.8) is 0 Å². The van der Waals surface area contributed by atoms with Crippen LogP contribution in [0.1, 0.15) is 65.5 Å². The minimum absolute atomic E-state index is 0.0422. The molecule has 5 heteroatoms. The summed E-state index contributed by atoms with van der Waals surface area (Å²) in [5.74, 6) is -0.0775. The number of pyridine rings is 1. The SMILES string of the molecule is CC(C)(C)CC(C)(C)NC(=O)C(c1ccncc1)N1CCCC1=O. The van der Waals surface area contributed by atoms with Gasteiger partial charge in [-0.25, -0.2) is 0 Å². The van der Waals surface area contributed by atoms with Crippen molar-refractivity contribution in [2.24, 2.45) is 5.41 Å². The van der Waals surface area contributed by atoms with E-state index in [1.807, 2.05) is 26.0 Å². The summed E-state index contributed by atoms with van der Waals surface area (Å²) in [5, 5.41) is 3.16. The minimum Gasteiger partial charge on any atom is -0.349 e. The maximum Gasteiger partial charge on any atom is 0.247 e. The Labute approximate surface area is 144 Å². The summed E-state index contributed by atoms with van der Waals surface area (Å²) in [6.07, 6.45) is 5.50. The van der Waals surface area contributed by atoms with Crippen molar-refractivity contribution in [3.05, 3.63) is 30.1 Å². The number of aromatic nitrogens is 1. The van der Waals surface area contributed by atoms with Gasteiger partial charge in [0, 0.05) is 30.9 Å². The highest BCUT2D eigenvalue weighted by Gasteiger charge is 2.37. The Balaban J connectivity index is 2.24. The summed E-state index contributed by atoms with van der Waals surface area (Å²) < 4.78 is 0. The van der Waals surface area contributed by atoms with E-state index in [0.29, 0.717) is 13.0 Å². The number of carbonyl (C=O) groups excluding carboxylic acids is 2. The standard InChI is InChI=1S/C19H29N3O2/c1-18(2,3)13-19(4,5)21-17(24)16(14-8-10-20-11-9-14)22-12-6-7-15(22)23/h8-11,16H,6-7,12-13H2,1-5H3,(H,21,24). The number of hydrogen-bond acceptors (Lipinski definition) is 3. The van der Waals surface area contributed by atoms with E-state index in [0.717, 1.165) is 18.4 Å². The van der Waals surface area contributed by atoms with Gasteiger partial charge in [0.15, 0.2) is 0 Å². The van der Waals surface area contributed by atoms with Crippen molar-refractivity contribution >= 4 is 11.8 Å². The summed E-state index contributed by atoms with van der Waals surface area (Å²) in [5.41, 5.74) is 0.569. The molecule has 2 amide bonds. The number of rotatable bonds is 5. The van der Waals surface area contributed by atoms with E-state index < -0.39 is 6.04 Å². The second-order valence-electron chi connectivity index (χ2n) is 8.48. The lowest BCUT2D eigenvalue weighted by Crippen LogP contribution is -2.50. The molecule has 1 N–H and O–H groups in total. The highest BCUT2D eigenvalue weighted by molar-refractivity contribution is 5.89. The zero-order valence-electron chi connectivity index (χ0n) is 15.4. The van der Waals surface area contributed by atoms with E-state index in [-0.39, 0.29) is 22.8 Å². The van der Waals surface area contributed by atoms with Gasteiger partial charge in [0.2, 0.25) is 11.8 Å².